The van der Waals surface area contributed by atoms with Crippen LogP contribution in [0.1, 0.15) is 17.4 Å². The van der Waals surface area contributed by atoms with E-state index in [9.17, 15) is 4.79 Å². The molecular weight excluding hydrogens is 392 g/mol. The molecule has 0 saturated heterocycles. The molecule has 1 N–H and O–H groups in total. The molecule has 136 valence electrons. The molecule has 0 aliphatic carbocycles. The molecule has 0 saturated carbocycles. The van der Waals surface area contributed by atoms with Crippen LogP contribution >= 0.6 is 34.4 Å². The van der Waals surface area contributed by atoms with Crippen molar-refractivity contribution in [2.45, 2.75) is 11.3 Å². The quantitative estimate of drug-likeness (QED) is 0.466. The Morgan fingerprint density at radius 3 is 2.77 bits per heavy atom. The summed E-state index contributed by atoms with van der Waals surface area (Å²) in [6.45, 7) is 2.04. The highest BCUT2D eigenvalue weighted by molar-refractivity contribution is 8.01. The third kappa shape index (κ3) is 4.14. The van der Waals surface area contributed by atoms with E-state index in [2.05, 4.69) is 20.5 Å². The van der Waals surface area contributed by atoms with Gasteiger partial charge < -0.3 is 9.47 Å². The van der Waals surface area contributed by atoms with Gasteiger partial charge in [0.15, 0.2) is 15.8 Å². The number of ether oxygens (including phenoxy) is 2. The number of rotatable bonds is 7. The molecule has 0 fully saturated rings. The summed E-state index contributed by atoms with van der Waals surface area (Å²) in [6.07, 6.45) is 0. The molecule has 0 atom stereocenters. The van der Waals surface area contributed by atoms with Crippen molar-refractivity contribution in [2.24, 2.45) is 0 Å². The third-order valence-corrected chi connectivity index (χ3v) is 6.01. The van der Waals surface area contributed by atoms with Crippen molar-refractivity contribution < 1.29 is 14.3 Å². The van der Waals surface area contributed by atoms with Crippen LogP contribution in [0.25, 0.3) is 10.6 Å². The smallest absolute Gasteiger partial charge is 0.276 e. The number of aromatic nitrogens is 3. The Kier molecular flexibility index (Phi) is 6.07. The maximum Gasteiger partial charge on any atom is 0.276 e. The minimum Gasteiger partial charge on any atom is -0.493 e. The molecule has 1 aromatic carbocycles. The van der Waals surface area contributed by atoms with Crippen LogP contribution in [0.5, 0.6) is 11.5 Å². The SMILES string of the molecule is CCSc1nnc(NC(=O)c2csc(-c3ccc(OC)c(OC)c3)n2)s1. The largest absolute Gasteiger partial charge is 0.493 e. The van der Waals surface area contributed by atoms with Gasteiger partial charge in [0.05, 0.1) is 14.2 Å². The molecule has 3 aromatic rings. The average molecular weight is 409 g/mol. The van der Waals surface area contributed by atoms with Gasteiger partial charge in [-0.2, -0.15) is 0 Å². The van der Waals surface area contributed by atoms with Crippen LogP contribution in [-0.2, 0) is 0 Å². The lowest BCUT2D eigenvalue weighted by molar-refractivity contribution is 0.102. The molecule has 0 unspecified atom stereocenters. The zero-order valence-electron chi connectivity index (χ0n) is 14.3. The van der Waals surface area contributed by atoms with Crippen molar-refractivity contribution in [3.05, 3.63) is 29.3 Å². The monoisotopic (exact) mass is 408 g/mol. The second-order valence-corrected chi connectivity index (χ2v) is 8.21. The van der Waals surface area contributed by atoms with E-state index in [0.717, 1.165) is 20.7 Å². The number of amides is 1. The van der Waals surface area contributed by atoms with Crippen LogP contribution in [0.3, 0.4) is 0 Å². The standard InChI is InChI=1S/C16H16N4O3S3/c1-4-24-16-20-19-15(26-16)18-13(21)10-8-25-14(17-10)9-5-6-11(22-2)12(7-9)23-3/h5-8H,4H2,1-3H3,(H,18,19,21). The summed E-state index contributed by atoms with van der Waals surface area (Å²) in [6, 6.07) is 5.52. The van der Waals surface area contributed by atoms with E-state index in [4.69, 9.17) is 9.47 Å². The highest BCUT2D eigenvalue weighted by Gasteiger charge is 2.15. The Morgan fingerprint density at radius 1 is 1.23 bits per heavy atom. The summed E-state index contributed by atoms with van der Waals surface area (Å²) < 4.78 is 11.4. The Labute approximate surface area is 162 Å². The molecule has 10 heteroatoms. The lowest BCUT2D eigenvalue weighted by atomic mass is 10.2. The summed E-state index contributed by atoms with van der Waals surface area (Å²) in [7, 11) is 3.16. The summed E-state index contributed by atoms with van der Waals surface area (Å²) in [5.41, 5.74) is 1.18. The number of nitrogens with zero attached hydrogens (tertiary/aromatic N) is 3. The van der Waals surface area contributed by atoms with Crippen molar-refractivity contribution in [1.82, 2.24) is 15.2 Å². The number of benzene rings is 1. The number of hydrogen-bond acceptors (Lipinski definition) is 9. The van der Waals surface area contributed by atoms with Crippen LogP contribution < -0.4 is 14.8 Å². The van der Waals surface area contributed by atoms with Gasteiger partial charge >= 0.3 is 0 Å². The van der Waals surface area contributed by atoms with E-state index in [0.29, 0.717) is 22.3 Å². The number of thioether (sulfide) groups is 1. The van der Waals surface area contributed by atoms with Gasteiger partial charge in [0.25, 0.3) is 5.91 Å². The minimum absolute atomic E-state index is 0.308. The van der Waals surface area contributed by atoms with E-state index in [1.54, 1.807) is 31.4 Å². The summed E-state index contributed by atoms with van der Waals surface area (Å²) in [5.74, 6) is 1.85. The first-order chi connectivity index (χ1) is 12.6. The molecule has 2 heterocycles. The predicted octanol–water partition coefficient (Wildman–Crippen LogP) is 4.04. The highest BCUT2D eigenvalue weighted by atomic mass is 32.2. The fourth-order valence-electron chi connectivity index (χ4n) is 2.08. The molecule has 0 spiro atoms. The van der Waals surface area contributed by atoms with Gasteiger partial charge in [-0.05, 0) is 24.0 Å². The van der Waals surface area contributed by atoms with Crippen LogP contribution in [0.2, 0.25) is 0 Å². The molecule has 0 aliphatic heterocycles. The molecule has 1 amide bonds. The van der Waals surface area contributed by atoms with Crippen molar-refractivity contribution in [2.75, 3.05) is 25.3 Å². The third-order valence-electron chi connectivity index (χ3n) is 3.26. The zero-order chi connectivity index (χ0) is 18.5. The zero-order valence-corrected chi connectivity index (χ0v) is 16.8. The molecule has 26 heavy (non-hydrogen) atoms. The lowest BCUT2D eigenvalue weighted by Gasteiger charge is -2.08. The second kappa shape index (κ2) is 8.47. The lowest BCUT2D eigenvalue weighted by Crippen LogP contribution is -2.12. The number of carbonyl (C=O) groups is 1. The fourth-order valence-corrected chi connectivity index (χ4v) is 4.52. The van der Waals surface area contributed by atoms with Gasteiger partial charge in [0.2, 0.25) is 5.13 Å². The highest BCUT2D eigenvalue weighted by Crippen LogP contribution is 2.33. The number of hydrogen-bond donors (Lipinski definition) is 1. The predicted molar refractivity (Wildman–Crippen MR) is 105 cm³/mol. The average Bonchev–Trinajstić information content (AvgIpc) is 3.31. The van der Waals surface area contributed by atoms with Gasteiger partial charge in [0.1, 0.15) is 10.7 Å². The Bertz CT molecular complexity index is 910. The molecule has 2 aromatic heterocycles. The first kappa shape index (κ1) is 18.6. The first-order valence-corrected chi connectivity index (χ1v) is 10.3. The number of nitrogens with one attached hydrogen (secondary N) is 1. The van der Waals surface area contributed by atoms with Crippen molar-refractivity contribution >= 4 is 45.5 Å². The number of thiazole rings is 1. The first-order valence-electron chi connectivity index (χ1n) is 7.60. The van der Waals surface area contributed by atoms with Crippen molar-refractivity contribution in [3.63, 3.8) is 0 Å². The Hall–Kier alpha value is -2.17. The van der Waals surface area contributed by atoms with Gasteiger partial charge in [-0.3, -0.25) is 10.1 Å². The van der Waals surface area contributed by atoms with Crippen LogP contribution in [0, 0.1) is 0 Å². The minimum atomic E-state index is -0.308. The van der Waals surface area contributed by atoms with E-state index in [1.165, 1.54) is 22.7 Å². The number of methoxy groups -OCH3 is 2. The van der Waals surface area contributed by atoms with Crippen LogP contribution in [0.15, 0.2) is 27.9 Å². The summed E-state index contributed by atoms with van der Waals surface area (Å²) in [4.78, 5) is 16.8. The Balaban J connectivity index is 1.75. The van der Waals surface area contributed by atoms with E-state index >= 15 is 0 Å². The topological polar surface area (TPSA) is 86.2 Å². The molecule has 3 rings (SSSR count). The molecular formula is C16H16N4O3S3. The van der Waals surface area contributed by atoms with E-state index in [1.807, 2.05) is 25.1 Å². The number of carbonyl (C=O) groups excluding carboxylic acids is 1. The van der Waals surface area contributed by atoms with Gasteiger partial charge in [0, 0.05) is 10.9 Å². The summed E-state index contributed by atoms with van der Waals surface area (Å²) >= 11 is 4.31. The van der Waals surface area contributed by atoms with E-state index in [-0.39, 0.29) is 5.91 Å². The van der Waals surface area contributed by atoms with Crippen molar-refractivity contribution in [3.8, 4) is 22.1 Å². The normalized spacial score (nSPS) is 10.6. The second-order valence-electron chi connectivity index (χ2n) is 4.87. The van der Waals surface area contributed by atoms with Gasteiger partial charge in [-0.1, -0.05) is 30.0 Å². The van der Waals surface area contributed by atoms with Gasteiger partial charge in [-0.15, -0.1) is 21.5 Å². The molecule has 0 radical (unpaired) electrons. The molecule has 0 aliphatic rings. The maximum absolute atomic E-state index is 12.4. The van der Waals surface area contributed by atoms with Crippen LogP contribution in [-0.4, -0.2) is 41.1 Å². The van der Waals surface area contributed by atoms with Gasteiger partial charge in [-0.25, -0.2) is 4.98 Å². The Morgan fingerprint density at radius 2 is 2.04 bits per heavy atom. The number of anilines is 1. The fraction of sp³-hybridized carbons (Fsp3) is 0.250. The molecule has 7 nitrogen and oxygen atoms in total. The molecule has 0 bridgehead atoms. The van der Waals surface area contributed by atoms with Crippen molar-refractivity contribution in [1.29, 1.82) is 0 Å². The summed E-state index contributed by atoms with van der Waals surface area (Å²) in [5, 5.41) is 13.6. The maximum atomic E-state index is 12.4. The van der Waals surface area contributed by atoms with Crippen LogP contribution in [0.4, 0.5) is 5.13 Å². The van der Waals surface area contributed by atoms with E-state index < -0.39 is 0 Å².